The van der Waals surface area contributed by atoms with Gasteiger partial charge >= 0.3 is 0 Å². The lowest BCUT2D eigenvalue weighted by Gasteiger charge is -2.44. The van der Waals surface area contributed by atoms with Crippen LogP contribution in [-0.4, -0.2) is 4.92 Å². The van der Waals surface area contributed by atoms with E-state index in [4.69, 9.17) is 17.3 Å². The highest BCUT2D eigenvalue weighted by atomic mass is 35.5. The van der Waals surface area contributed by atoms with Gasteiger partial charge in [-0.25, -0.2) is 0 Å². The minimum atomic E-state index is -0.426. The summed E-state index contributed by atoms with van der Waals surface area (Å²) in [6, 6.07) is 16.2. The summed E-state index contributed by atoms with van der Waals surface area (Å²) >= 11 is 6.09. The molecule has 1 aliphatic carbocycles. The second-order valence-electron chi connectivity index (χ2n) is 8.82. The molecule has 2 aliphatic rings. The van der Waals surface area contributed by atoms with Crippen LogP contribution in [0.1, 0.15) is 44.6 Å². The number of benzene rings is 2. The van der Waals surface area contributed by atoms with Gasteiger partial charge in [0.15, 0.2) is 0 Å². The SMILES string of the molecule is CC1(C)CCC2=C(C1)N(c1ccc([N+](=O)[O-])cc1)C(N)=C(C#N)[C@@H]2c1ccc(Cl)cc1. The van der Waals surface area contributed by atoms with Crippen LogP contribution in [-0.2, 0) is 0 Å². The average Bonchev–Trinajstić information content (AvgIpc) is 2.73. The fourth-order valence-corrected chi connectivity index (χ4v) is 4.68. The van der Waals surface area contributed by atoms with E-state index in [0.717, 1.165) is 36.2 Å². The van der Waals surface area contributed by atoms with Crippen molar-refractivity contribution in [3.8, 4) is 6.07 Å². The van der Waals surface area contributed by atoms with Crippen molar-refractivity contribution in [1.29, 1.82) is 5.26 Å². The lowest BCUT2D eigenvalue weighted by Crippen LogP contribution is -2.39. The Balaban J connectivity index is 1.90. The molecule has 0 saturated heterocycles. The molecule has 0 aromatic heterocycles. The standard InChI is InChI=1S/C24H23ClN4O2/c1-24(2)12-11-19-21(13-24)28(17-7-9-18(10-8-17)29(30)31)23(27)20(14-26)22(19)15-3-5-16(25)6-4-15/h3-10,22H,11-13,27H2,1-2H3/t22-/m1/s1. The highest BCUT2D eigenvalue weighted by Gasteiger charge is 2.40. The van der Waals surface area contributed by atoms with Crippen molar-refractivity contribution < 1.29 is 4.92 Å². The number of anilines is 1. The second kappa shape index (κ2) is 7.75. The Morgan fingerprint density at radius 1 is 1.19 bits per heavy atom. The summed E-state index contributed by atoms with van der Waals surface area (Å²) in [6.07, 6.45) is 2.64. The first-order valence-electron chi connectivity index (χ1n) is 10.1. The Morgan fingerprint density at radius 2 is 1.84 bits per heavy atom. The summed E-state index contributed by atoms with van der Waals surface area (Å²) in [5, 5.41) is 21.8. The number of rotatable bonds is 3. The maximum atomic E-state index is 11.1. The summed E-state index contributed by atoms with van der Waals surface area (Å²) < 4.78 is 0. The molecule has 6 nitrogen and oxygen atoms in total. The molecule has 1 aliphatic heterocycles. The molecular weight excluding hydrogens is 412 g/mol. The first-order valence-corrected chi connectivity index (χ1v) is 10.5. The van der Waals surface area contributed by atoms with Gasteiger partial charge in [0.2, 0.25) is 0 Å². The molecule has 0 radical (unpaired) electrons. The Bertz CT molecular complexity index is 1140. The zero-order chi connectivity index (χ0) is 22.3. The third-order valence-electron chi connectivity index (χ3n) is 6.15. The number of nitro groups is 1. The highest BCUT2D eigenvalue weighted by Crippen LogP contribution is 2.51. The maximum Gasteiger partial charge on any atom is 0.269 e. The molecule has 2 N–H and O–H groups in total. The number of hydrogen-bond acceptors (Lipinski definition) is 5. The fourth-order valence-electron chi connectivity index (χ4n) is 4.56. The van der Waals surface area contributed by atoms with Gasteiger partial charge < -0.3 is 5.73 Å². The van der Waals surface area contributed by atoms with Crippen LogP contribution in [0.5, 0.6) is 0 Å². The lowest BCUT2D eigenvalue weighted by molar-refractivity contribution is -0.384. The topological polar surface area (TPSA) is 96.2 Å². The van der Waals surface area contributed by atoms with Crippen LogP contribution in [0.25, 0.3) is 0 Å². The zero-order valence-electron chi connectivity index (χ0n) is 17.4. The van der Waals surface area contributed by atoms with Gasteiger partial charge in [0.25, 0.3) is 5.69 Å². The van der Waals surface area contributed by atoms with E-state index in [1.807, 2.05) is 29.2 Å². The summed E-state index contributed by atoms with van der Waals surface area (Å²) in [5.74, 6) is 0.149. The monoisotopic (exact) mass is 434 g/mol. The Morgan fingerprint density at radius 3 is 2.42 bits per heavy atom. The van der Waals surface area contributed by atoms with E-state index in [2.05, 4.69) is 19.9 Å². The van der Waals surface area contributed by atoms with Gasteiger partial charge in [0, 0.05) is 34.5 Å². The number of halogens is 1. The number of allylic oxidation sites excluding steroid dienone is 3. The van der Waals surface area contributed by atoms with Crippen molar-refractivity contribution in [3.05, 3.63) is 91.9 Å². The average molecular weight is 435 g/mol. The highest BCUT2D eigenvalue weighted by molar-refractivity contribution is 6.30. The van der Waals surface area contributed by atoms with E-state index >= 15 is 0 Å². The molecule has 0 saturated carbocycles. The number of nitro benzene ring substituents is 1. The van der Waals surface area contributed by atoms with Gasteiger partial charge in [0.05, 0.1) is 16.6 Å². The van der Waals surface area contributed by atoms with Crippen molar-refractivity contribution in [2.24, 2.45) is 11.1 Å². The summed E-state index contributed by atoms with van der Waals surface area (Å²) in [5.41, 5.74) is 11.1. The first kappa shape index (κ1) is 21.0. The molecule has 2 aromatic rings. The molecule has 0 fully saturated rings. The quantitative estimate of drug-likeness (QED) is 0.471. The summed E-state index contributed by atoms with van der Waals surface area (Å²) in [7, 11) is 0. The smallest absolute Gasteiger partial charge is 0.269 e. The molecule has 7 heteroatoms. The van der Waals surface area contributed by atoms with Gasteiger partial charge in [-0.05, 0) is 60.1 Å². The minimum absolute atomic E-state index is 0.0148. The minimum Gasteiger partial charge on any atom is -0.384 e. The number of nitrogens with two attached hydrogens (primary N) is 1. The van der Waals surface area contributed by atoms with Crippen LogP contribution in [0.15, 0.2) is 71.2 Å². The molecule has 31 heavy (non-hydrogen) atoms. The first-order chi connectivity index (χ1) is 14.7. The van der Waals surface area contributed by atoms with E-state index in [-0.39, 0.29) is 17.0 Å². The Hall–Kier alpha value is -3.30. The van der Waals surface area contributed by atoms with Crippen molar-refractivity contribution in [2.45, 2.75) is 39.0 Å². The molecule has 0 unspecified atom stereocenters. The van der Waals surface area contributed by atoms with Gasteiger partial charge in [-0.3, -0.25) is 15.0 Å². The van der Waals surface area contributed by atoms with E-state index in [0.29, 0.717) is 16.4 Å². The van der Waals surface area contributed by atoms with Crippen LogP contribution >= 0.6 is 11.6 Å². The second-order valence-corrected chi connectivity index (χ2v) is 9.25. The maximum absolute atomic E-state index is 11.1. The molecular formula is C24H23ClN4O2. The van der Waals surface area contributed by atoms with Crippen molar-refractivity contribution >= 4 is 23.0 Å². The Labute approximate surface area is 186 Å². The molecule has 0 spiro atoms. The van der Waals surface area contributed by atoms with Gasteiger partial charge in [-0.1, -0.05) is 37.6 Å². The van der Waals surface area contributed by atoms with Crippen molar-refractivity contribution in [2.75, 3.05) is 4.90 Å². The predicted octanol–water partition coefficient (Wildman–Crippen LogP) is 6.01. The summed E-state index contributed by atoms with van der Waals surface area (Å²) in [4.78, 5) is 12.6. The van der Waals surface area contributed by atoms with Gasteiger partial charge in [0.1, 0.15) is 5.82 Å². The molecule has 1 atom stereocenters. The molecule has 4 rings (SSSR count). The van der Waals surface area contributed by atoms with E-state index in [1.54, 1.807) is 12.1 Å². The van der Waals surface area contributed by atoms with E-state index < -0.39 is 4.92 Å². The van der Waals surface area contributed by atoms with Crippen LogP contribution in [0.4, 0.5) is 11.4 Å². The van der Waals surface area contributed by atoms with Gasteiger partial charge in [-0.2, -0.15) is 5.26 Å². The van der Waals surface area contributed by atoms with Crippen molar-refractivity contribution in [1.82, 2.24) is 0 Å². The fraction of sp³-hybridized carbons (Fsp3) is 0.292. The van der Waals surface area contributed by atoms with Crippen molar-refractivity contribution in [3.63, 3.8) is 0 Å². The summed E-state index contributed by atoms with van der Waals surface area (Å²) in [6.45, 7) is 4.45. The van der Waals surface area contributed by atoms with Gasteiger partial charge in [-0.15, -0.1) is 0 Å². The van der Waals surface area contributed by atoms with Crippen LogP contribution in [0.2, 0.25) is 5.02 Å². The largest absolute Gasteiger partial charge is 0.384 e. The Kier molecular flexibility index (Phi) is 5.24. The van der Waals surface area contributed by atoms with E-state index in [1.165, 1.54) is 17.7 Å². The number of hydrogen-bond donors (Lipinski definition) is 1. The number of nitrogens with zero attached hydrogens (tertiary/aromatic N) is 3. The molecule has 0 bridgehead atoms. The molecule has 0 amide bonds. The molecule has 158 valence electrons. The van der Waals surface area contributed by atoms with Crippen LogP contribution in [0.3, 0.4) is 0 Å². The third-order valence-corrected chi connectivity index (χ3v) is 6.41. The molecule has 1 heterocycles. The van der Waals surface area contributed by atoms with Crippen LogP contribution < -0.4 is 10.6 Å². The van der Waals surface area contributed by atoms with Crippen LogP contribution in [0, 0.1) is 26.9 Å². The molecule has 2 aromatic carbocycles. The lowest BCUT2D eigenvalue weighted by atomic mass is 9.69. The number of nitriles is 1. The zero-order valence-corrected chi connectivity index (χ0v) is 18.2. The van der Waals surface area contributed by atoms with E-state index in [9.17, 15) is 15.4 Å². The predicted molar refractivity (Wildman–Crippen MR) is 121 cm³/mol. The third kappa shape index (κ3) is 3.77. The number of non-ortho nitro benzene ring substituents is 1. The normalized spacial score (nSPS) is 20.3.